The summed E-state index contributed by atoms with van der Waals surface area (Å²) in [6.07, 6.45) is 3.41. The number of aromatic nitrogens is 1. The zero-order valence-corrected chi connectivity index (χ0v) is 16.1. The van der Waals surface area contributed by atoms with Crippen LogP contribution in [-0.4, -0.2) is 29.4 Å². The highest BCUT2D eigenvalue weighted by Gasteiger charge is 2.28. The second-order valence-corrected chi connectivity index (χ2v) is 7.41. The fourth-order valence-electron chi connectivity index (χ4n) is 2.81. The van der Waals surface area contributed by atoms with Crippen LogP contribution >= 0.6 is 11.8 Å². The van der Waals surface area contributed by atoms with Gasteiger partial charge in [0.2, 0.25) is 0 Å². The topological polar surface area (TPSA) is 62.3 Å². The molecule has 26 heavy (non-hydrogen) atoms. The normalized spacial score (nSPS) is 14.3. The summed E-state index contributed by atoms with van der Waals surface area (Å²) < 4.78 is 0. The van der Waals surface area contributed by atoms with E-state index >= 15 is 0 Å². The van der Waals surface area contributed by atoms with Crippen LogP contribution < -0.4 is 10.2 Å². The number of pyridine rings is 1. The van der Waals surface area contributed by atoms with E-state index in [9.17, 15) is 9.59 Å². The summed E-state index contributed by atoms with van der Waals surface area (Å²) in [5.74, 6) is -0.139. The van der Waals surface area contributed by atoms with Crippen molar-refractivity contribution in [2.75, 3.05) is 11.4 Å². The van der Waals surface area contributed by atoms with Crippen LogP contribution in [0.15, 0.2) is 46.5 Å². The molecule has 0 saturated carbocycles. The molecule has 5 nitrogen and oxygen atoms in total. The molecule has 136 valence electrons. The number of hydrogen-bond donors (Lipinski definition) is 1. The number of carbonyl (C=O) groups is 2. The average molecular weight is 369 g/mol. The van der Waals surface area contributed by atoms with Crippen LogP contribution in [-0.2, 0) is 0 Å². The molecule has 0 radical (unpaired) electrons. The molecule has 0 saturated heterocycles. The van der Waals surface area contributed by atoms with Gasteiger partial charge in [-0.3, -0.25) is 9.59 Å². The van der Waals surface area contributed by atoms with Gasteiger partial charge in [0.1, 0.15) is 5.03 Å². The number of carbonyl (C=O) groups excluding carboxylic acids is 2. The summed E-state index contributed by atoms with van der Waals surface area (Å²) in [7, 11) is 0. The van der Waals surface area contributed by atoms with Crippen molar-refractivity contribution in [1.82, 2.24) is 10.3 Å². The molecule has 0 aliphatic carbocycles. The molecular formula is C20H23N3O2S. The lowest BCUT2D eigenvalue weighted by molar-refractivity contribution is 0.0938. The van der Waals surface area contributed by atoms with Crippen LogP contribution in [0.5, 0.6) is 0 Å². The maximum Gasteiger partial charge on any atom is 0.261 e. The molecular weight excluding hydrogens is 346 g/mol. The Morgan fingerprint density at radius 1 is 1.31 bits per heavy atom. The maximum absolute atomic E-state index is 13.0. The lowest BCUT2D eigenvalue weighted by Crippen LogP contribution is -2.33. The van der Waals surface area contributed by atoms with Crippen molar-refractivity contribution in [3.05, 3.63) is 47.7 Å². The van der Waals surface area contributed by atoms with Crippen LogP contribution in [0, 0.1) is 0 Å². The number of amides is 2. The van der Waals surface area contributed by atoms with Crippen LogP contribution in [0.1, 0.15) is 54.3 Å². The minimum absolute atomic E-state index is 0.0435. The molecule has 1 aromatic carbocycles. The lowest BCUT2D eigenvalue weighted by Gasteiger charge is -2.22. The quantitative estimate of drug-likeness (QED) is 0.861. The molecule has 1 aliphatic heterocycles. The van der Waals surface area contributed by atoms with Gasteiger partial charge in [0.15, 0.2) is 0 Å². The molecule has 1 atom stereocenters. The van der Waals surface area contributed by atoms with Gasteiger partial charge in [0, 0.05) is 29.2 Å². The molecule has 3 rings (SSSR count). The SMILES string of the molecule is CCCN1C(=O)c2cccnc2Sc2cc(C(=O)N[C@@H](C)CC)ccc21. The molecule has 0 unspecified atom stereocenters. The van der Waals surface area contributed by atoms with E-state index < -0.39 is 0 Å². The van der Waals surface area contributed by atoms with Crippen molar-refractivity contribution in [3.63, 3.8) is 0 Å². The van der Waals surface area contributed by atoms with Crippen molar-refractivity contribution < 1.29 is 9.59 Å². The zero-order chi connectivity index (χ0) is 18.7. The number of nitrogens with zero attached hydrogens (tertiary/aromatic N) is 2. The van der Waals surface area contributed by atoms with E-state index in [1.807, 2.05) is 39.0 Å². The minimum atomic E-state index is -0.0957. The van der Waals surface area contributed by atoms with Gasteiger partial charge < -0.3 is 10.2 Å². The third-order valence-corrected chi connectivity index (χ3v) is 5.47. The van der Waals surface area contributed by atoms with Crippen LogP contribution in [0.3, 0.4) is 0 Å². The average Bonchev–Trinajstić information content (AvgIpc) is 2.76. The van der Waals surface area contributed by atoms with E-state index in [1.54, 1.807) is 23.2 Å². The van der Waals surface area contributed by atoms with Crippen LogP contribution in [0.25, 0.3) is 0 Å². The van der Waals surface area contributed by atoms with Crippen molar-refractivity contribution >= 4 is 29.3 Å². The van der Waals surface area contributed by atoms with Crippen molar-refractivity contribution in [2.24, 2.45) is 0 Å². The highest BCUT2D eigenvalue weighted by Crippen LogP contribution is 2.40. The fourth-order valence-corrected chi connectivity index (χ4v) is 3.86. The third-order valence-electron chi connectivity index (χ3n) is 4.40. The predicted molar refractivity (Wildman–Crippen MR) is 104 cm³/mol. The summed E-state index contributed by atoms with van der Waals surface area (Å²) >= 11 is 1.44. The second kappa shape index (κ2) is 7.91. The zero-order valence-electron chi connectivity index (χ0n) is 15.3. The van der Waals surface area contributed by atoms with Gasteiger partial charge in [-0.15, -0.1) is 0 Å². The Kier molecular flexibility index (Phi) is 5.61. The van der Waals surface area contributed by atoms with E-state index in [0.717, 1.165) is 23.4 Å². The molecule has 0 bridgehead atoms. The first-order chi connectivity index (χ1) is 12.5. The summed E-state index contributed by atoms with van der Waals surface area (Å²) in [6.45, 7) is 6.69. The summed E-state index contributed by atoms with van der Waals surface area (Å²) in [5, 5.41) is 3.67. The first kappa shape index (κ1) is 18.5. The van der Waals surface area contributed by atoms with E-state index in [2.05, 4.69) is 10.3 Å². The molecule has 0 spiro atoms. The molecule has 1 aromatic heterocycles. The first-order valence-electron chi connectivity index (χ1n) is 8.94. The Labute approximate surface area is 158 Å². The van der Waals surface area contributed by atoms with Gasteiger partial charge in [-0.1, -0.05) is 25.6 Å². The Hall–Kier alpha value is -2.34. The van der Waals surface area contributed by atoms with E-state index in [4.69, 9.17) is 0 Å². The van der Waals surface area contributed by atoms with Gasteiger partial charge in [-0.2, -0.15) is 0 Å². The summed E-state index contributed by atoms with van der Waals surface area (Å²) in [4.78, 5) is 32.5. The van der Waals surface area contributed by atoms with E-state index in [-0.39, 0.29) is 17.9 Å². The molecule has 1 N–H and O–H groups in total. The lowest BCUT2D eigenvalue weighted by atomic mass is 10.1. The smallest absolute Gasteiger partial charge is 0.261 e. The second-order valence-electron chi connectivity index (χ2n) is 6.38. The summed E-state index contributed by atoms with van der Waals surface area (Å²) in [5.41, 5.74) is 2.03. The highest BCUT2D eigenvalue weighted by atomic mass is 32.2. The standard InChI is InChI=1S/C20H23N3O2S/c1-4-11-23-16-9-8-14(18(24)22-13(3)5-2)12-17(16)26-19-15(20(23)25)7-6-10-21-19/h6-10,12-13H,4-5,11H2,1-3H3,(H,22,24)/t13-/m0/s1. The van der Waals surface area contributed by atoms with Crippen LogP contribution in [0.4, 0.5) is 5.69 Å². The number of anilines is 1. The Morgan fingerprint density at radius 2 is 2.12 bits per heavy atom. The summed E-state index contributed by atoms with van der Waals surface area (Å²) in [6, 6.07) is 9.22. The Morgan fingerprint density at radius 3 is 2.85 bits per heavy atom. The molecule has 2 amide bonds. The number of nitrogens with one attached hydrogen (secondary N) is 1. The molecule has 1 aliphatic rings. The Balaban J connectivity index is 2.03. The maximum atomic E-state index is 13.0. The monoisotopic (exact) mass is 369 g/mol. The molecule has 6 heteroatoms. The predicted octanol–water partition coefficient (Wildman–Crippen LogP) is 4.13. The van der Waals surface area contributed by atoms with Crippen LogP contribution in [0.2, 0.25) is 0 Å². The largest absolute Gasteiger partial charge is 0.350 e. The van der Waals surface area contributed by atoms with Gasteiger partial charge in [0.05, 0.1) is 11.3 Å². The van der Waals surface area contributed by atoms with Gasteiger partial charge in [-0.05, 0) is 50.1 Å². The van der Waals surface area contributed by atoms with Crippen molar-refractivity contribution in [2.45, 2.75) is 49.6 Å². The van der Waals surface area contributed by atoms with E-state index in [1.165, 1.54) is 11.8 Å². The van der Waals surface area contributed by atoms with Gasteiger partial charge in [0.25, 0.3) is 11.8 Å². The molecule has 0 fully saturated rings. The molecule has 2 aromatic rings. The minimum Gasteiger partial charge on any atom is -0.350 e. The number of rotatable bonds is 5. The first-order valence-corrected chi connectivity index (χ1v) is 9.76. The highest BCUT2D eigenvalue weighted by molar-refractivity contribution is 7.99. The van der Waals surface area contributed by atoms with Gasteiger partial charge in [-0.25, -0.2) is 4.98 Å². The Bertz CT molecular complexity index is 838. The third kappa shape index (κ3) is 3.60. The number of fused-ring (bicyclic) bond motifs is 2. The van der Waals surface area contributed by atoms with Crippen molar-refractivity contribution in [1.29, 1.82) is 0 Å². The van der Waals surface area contributed by atoms with Crippen molar-refractivity contribution in [3.8, 4) is 0 Å². The fraction of sp³-hybridized carbons (Fsp3) is 0.350. The molecule has 2 heterocycles. The number of benzene rings is 1. The van der Waals surface area contributed by atoms with E-state index in [0.29, 0.717) is 22.7 Å². The van der Waals surface area contributed by atoms with Gasteiger partial charge >= 0.3 is 0 Å². The number of hydrogen-bond acceptors (Lipinski definition) is 4.